The fraction of sp³-hybridized carbons (Fsp3) is 0.872. The van der Waals surface area contributed by atoms with Gasteiger partial charge in [0.15, 0.2) is 0 Å². The van der Waals surface area contributed by atoms with Crippen molar-refractivity contribution in [2.75, 3.05) is 19.8 Å². The van der Waals surface area contributed by atoms with E-state index in [0.717, 1.165) is 68.9 Å². The normalized spacial score (nSPS) is 45.8. The number of rotatable bonds is 4. The zero-order chi connectivity index (χ0) is 34.8. The van der Waals surface area contributed by atoms with Crippen molar-refractivity contribution in [3.63, 3.8) is 0 Å². The summed E-state index contributed by atoms with van der Waals surface area (Å²) in [5.74, 6) is 0.184. The first-order valence-corrected chi connectivity index (χ1v) is 19.7. The Hall–Kier alpha value is -1.25. The van der Waals surface area contributed by atoms with Crippen molar-refractivity contribution in [2.45, 2.75) is 188 Å². The molecule has 0 amide bonds. The fourth-order valence-corrected chi connectivity index (χ4v) is 9.71. The number of fused-ring (bicyclic) bond motifs is 6. The van der Waals surface area contributed by atoms with Crippen molar-refractivity contribution in [2.24, 2.45) is 11.7 Å². The van der Waals surface area contributed by atoms with Crippen LogP contribution in [0.1, 0.15) is 103 Å². The smallest absolute Gasteiger partial charge is 0.135 e. The van der Waals surface area contributed by atoms with Crippen LogP contribution in [0, 0.1) is 5.92 Å². The lowest BCUT2D eigenvalue weighted by Crippen LogP contribution is -2.57. The zero-order valence-corrected chi connectivity index (χ0v) is 29.7. The van der Waals surface area contributed by atoms with E-state index in [9.17, 15) is 15.0 Å². The van der Waals surface area contributed by atoms with Gasteiger partial charge in [-0.15, -0.1) is 0 Å². The highest BCUT2D eigenvalue weighted by Crippen LogP contribution is 2.41. The second-order valence-corrected chi connectivity index (χ2v) is 16.2. The molecule has 7 aliphatic heterocycles. The molecule has 7 aliphatic rings. The van der Waals surface area contributed by atoms with E-state index >= 15 is 0 Å². The second kappa shape index (κ2) is 16.8. The first-order chi connectivity index (χ1) is 24.2. The summed E-state index contributed by atoms with van der Waals surface area (Å²) in [5, 5.41) is 20.9. The van der Waals surface area contributed by atoms with Crippen LogP contribution in [0.4, 0.5) is 0 Å². The molecule has 50 heavy (non-hydrogen) atoms. The molecular weight excluding hydrogens is 642 g/mol. The summed E-state index contributed by atoms with van der Waals surface area (Å²) in [4.78, 5) is 13.8. The average molecular weight is 704 g/mol. The number of aliphatic hydroxyl groups excluding tert-OH is 2. The van der Waals surface area contributed by atoms with Gasteiger partial charge in [-0.2, -0.15) is 0 Å². The number of Topliss-reactive ketones (excluding diaryl/α,β-unsaturated/α-hetero) is 1. The minimum absolute atomic E-state index is 0.0169. The summed E-state index contributed by atoms with van der Waals surface area (Å²) < 4.78 is 45.5. The Kier molecular flexibility index (Phi) is 12.5. The molecule has 7 heterocycles. The zero-order valence-electron chi connectivity index (χ0n) is 29.7. The van der Waals surface area contributed by atoms with Gasteiger partial charge in [0.05, 0.1) is 73.2 Å². The molecule has 0 aliphatic carbocycles. The molecule has 11 nitrogen and oxygen atoms in total. The summed E-state index contributed by atoms with van der Waals surface area (Å²) in [6.07, 6.45) is 8.62. The van der Waals surface area contributed by atoms with Crippen LogP contribution in [0.25, 0.3) is 0 Å². The third-order valence-corrected chi connectivity index (χ3v) is 12.5. The van der Waals surface area contributed by atoms with Gasteiger partial charge in [-0.25, -0.2) is 0 Å². The molecule has 11 heteroatoms. The van der Waals surface area contributed by atoms with Crippen LogP contribution < -0.4 is 5.73 Å². The number of ether oxygens (including phenoxy) is 7. The molecule has 7 fully saturated rings. The molecule has 0 saturated carbocycles. The highest BCUT2D eigenvalue weighted by molar-refractivity contribution is 5.79. The van der Waals surface area contributed by atoms with Gasteiger partial charge in [-0.3, -0.25) is 4.79 Å². The summed E-state index contributed by atoms with van der Waals surface area (Å²) in [6, 6.07) is 0. The maximum Gasteiger partial charge on any atom is 0.135 e. The van der Waals surface area contributed by atoms with Crippen molar-refractivity contribution >= 4 is 5.78 Å². The summed E-state index contributed by atoms with van der Waals surface area (Å²) in [7, 11) is 0. The largest absolute Gasteiger partial charge is 0.392 e. The molecule has 15 atom stereocenters. The minimum atomic E-state index is -0.636. The van der Waals surface area contributed by atoms with Crippen molar-refractivity contribution in [1.29, 1.82) is 0 Å². The predicted octanol–water partition coefficient (Wildman–Crippen LogP) is 3.84. The van der Waals surface area contributed by atoms with Gasteiger partial charge in [-0.1, -0.05) is 13.2 Å². The fourth-order valence-electron chi connectivity index (χ4n) is 9.71. The topological polar surface area (TPSA) is 148 Å². The van der Waals surface area contributed by atoms with Crippen molar-refractivity contribution < 1.29 is 48.2 Å². The number of carbonyl (C=O) groups excluding carboxylic acids is 1. The Morgan fingerprint density at radius 2 is 1.52 bits per heavy atom. The van der Waals surface area contributed by atoms with Crippen LogP contribution >= 0.6 is 0 Å². The minimum Gasteiger partial charge on any atom is -0.392 e. The molecule has 0 radical (unpaired) electrons. The first kappa shape index (κ1) is 37.1. The van der Waals surface area contributed by atoms with Gasteiger partial charge in [0.1, 0.15) is 18.0 Å². The van der Waals surface area contributed by atoms with E-state index in [2.05, 4.69) is 13.2 Å². The Balaban J connectivity index is 1.07. The molecule has 7 rings (SSSR count). The first-order valence-electron chi connectivity index (χ1n) is 19.7. The lowest BCUT2D eigenvalue weighted by molar-refractivity contribution is -0.254. The van der Waals surface area contributed by atoms with Crippen LogP contribution in [0.5, 0.6) is 0 Å². The maximum atomic E-state index is 13.8. The van der Waals surface area contributed by atoms with Crippen molar-refractivity contribution in [1.82, 2.24) is 0 Å². The van der Waals surface area contributed by atoms with E-state index in [1.54, 1.807) is 0 Å². The van der Waals surface area contributed by atoms with Gasteiger partial charge >= 0.3 is 0 Å². The van der Waals surface area contributed by atoms with Gasteiger partial charge < -0.3 is 49.1 Å². The van der Waals surface area contributed by atoms with E-state index < -0.39 is 12.2 Å². The highest BCUT2D eigenvalue weighted by atomic mass is 16.6. The number of hydrogen-bond donors (Lipinski definition) is 3. The van der Waals surface area contributed by atoms with Gasteiger partial charge in [0.2, 0.25) is 0 Å². The van der Waals surface area contributed by atoms with Crippen LogP contribution in [-0.4, -0.2) is 121 Å². The lowest BCUT2D eigenvalue weighted by atomic mass is 9.85. The van der Waals surface area contributed by atoms with Gasteiger partial charge in [-0.05, 0) is 87.7 Å². The standard InChI is InChI=1S/C39H61NO10/c1-22-5-6-27-7-9-32-23(2)14-28(47-32)4-3-12-44-36-20-37(38-31(43)11-13-45-38)50-33-10-8-29(49-39(33)36)17-25(41)15-24-16-30(18-26(42)21-40)48-35(24)19-34(22)46-27/h24,26-39,42-43H,1-21,40H2/t24?,26?,27?,28-,29+,30-,31+,32-,33-,34+,35-,36+,37?,38?,39-/m0/s1. The van der Waals surface area contributed by atoms with E-state index in [1.165, 1.54) is 0 Å². The molecule has 6 bridgehead atoms. The molecule has 5 unspecified atom stereocenters. The molecular formula is C39H61NO10. The number of hydrogen-bond acceptors (Lipinski definition) is 11. The Morgan fingerprint density at radius 3 is 2.34 bits per heavy atom. The third kappa shape index (κ3) is 8.92. The molecule has 0 aromatic rings. The molecule has 7 saturated heterocycles. The van der Waals surface area contributed by atoms with Crippen LogP contribution in [0.2, 0.25) is 0 Å². The van der Waals surface area contributed by atoms with E-state index in [1.807, 2.05) is 0 Å². The second-order valence-electron chi connectivity index (χ2n) is 16.2. The lowest BCUT2D eigenvalue weighted by Gasteiger charge is -2.47. The van der Waals surface area contributed by atoms with E-state index in [4.69, 9.17) is 38.9 Å². The quantitative estimate of drug-likeness (QED) is 0.367. The summed E-state index contributed by atoms with van der Waals surface area (Å²) in [6.45, 7) is 10.0. The van der Waals surface area contributed by atoms with E-state index in [-0.39, 0.29) is 91.5 Å². The molecule has 0 aromatic carbocycles. The average Bonchev–Trinajstić information content (AvgIpc) is 3.80. The van der Waals surface area contributed by atoms with Crippen molar-refractivity contribution in [3.8, 4) is 0 Å². The van der Waals surface area contributed by atoms with Crippen LogP contribution in [0.3, 0.4) is 0 Å². The van der Waals surface area contributed by atoms with Gasteiger partial charge in [0.25, 0.3) is 0 Å². The monoisotopic (exact) mass is 703 g/mol. The number of carbonyl (C=O) groups is 1. The summed E-state index contributed by atoms with van der Waals surface area (Å²) >= 11 is 0. The summed E-state index contributed by atoms with van der Waals surface area (Å²) in [5.41, 5.74) is 8.00. The third-order valence-electron chi connectivity index (χ3n) is 12.5. The Bertz CT molecular complexity index is 1180. The Labute approximate surface area is 297 Å². The molecule has 4 N–H and O–H groups in total. The van der Waals surface area contributed by atoms with Crippen molar-refractivity contribution in [3.05, 3.63) is 24.3 Å². The molecule has 0 aromatic heterocycles. The SMILES string of the molecule is C=C1C[C@@H]2CCCO[C@@H]3CC(C4OCC[C@H]4O)O[C@H]4CC[C@H](CC(=O)CC5C[C@@H](CC(O)CN)O[C@H]5C[C@H]5OC(CCC5=C)CC[C@@H]1O2)O[C@@H]43. The van der Waals surface area contributed by atoms with E-state index in [0.29, 0.717) is 58.2 Å². The highest BCUT2D eigenvalue weighted by Gasteiger charge is 2.49. The number of aliphatic hydroxyl groups is 2. The van der Waals surface area contributed by atoms with Crippen LogP contribution in [0.15, 0.2) is 24.3 Å². The molecule has 0 spiro atoms. The number of nitrogens with two attached hydrogens (primary N) is 1. The Morgan fingerprint density at radius 1 is 0.700 bits per heavy atom. The van der Waals surface area contributed by atoms with Gasteiger partial charge in [0, 0.05) is 51.9 Å². The van der Waals surface area contributed by atoms with Crippen LogP contribution in [-0.2, 0) is 38.0 Å². The number of ketones is 1. The molecule has 282 valence electrons. The maximum absolute atomic E-state index is 13.8. The predicted molar refractivity (Wildman–Crippen MR) is 185 cm³/mol.